The van der Waals surface area contributed by atoms with Gasteiger partial charge >= 0.3 is 0 Å². The Kier molecular flexibility index (Phi) is 7.19. The Labute approximate surface area is 137 Å². The lowest BCUT2D eigenvalue weighted by molar-refractivity contribution is 0.302. The molecule has 23 heavy (non-hydrogen) atoms. The van der Waals surface area contributed by atoms with E-state index in [0.29, 0.717) is 12.0 Å². The molecule has 0 nitrogen and oxygen atoms in total. The van der Waals surface area contributed by atoms with Gasteiger partial charge in [0.15, 0.2) is 0 Å². The van der Waals surface area contributed by atoms with Crippen LogP contribution in [0.25, 0.3) is 6.08 Å². The molecule has 1 aliphatic carbocycles. The van der Waals surface area contributed by atoms with Gasteiger partial charge in [-0.3, -0.25) is 0 Å². The maximum absolute atomic E-state index is 13.9. The summed E-state index contributed by atoms with van der Waals surface area (Å²) in [6.45, 7) is 2.23. The van der Waals surface area contributed by atoms with Crippen LogP contribution < -0.4 is 0 Å². The van der Waals surface area contributed by atoms with E-state index in [1.807, 2.05) is 6.07 Å². The molecule has 1 aliphatic rings. The molecule has 1 aromatic rings. The van der Waals surface area contributed by atoms with Crippen molar-refractivity contribution >= 4 is 6.08 Å². The van der Waals surface area contributed by atoms with Crippen molar-refractivity contribution in [3.63, 3.8) is 0 Å². The van der Waals surface area contributed by atoms with Gasteiger partial charge in [-0.05, 0) is 49.1 Å². The third kappa shape index (κ3) is 5.71. The van der Waals surface area contributed by atoms with Crippen LogP contribution in [-0.4, -0.2) is 0 Å². The minimum Gasteiger partial charge on any atom is -0.206 e. The summed E-state index contributed by atoms with van der Waals surface area (Å²) >= 11 is 0. The Morgan fingerprint density at radius 3 is 2.43 bits per heavy atom. The molecule has 0 aliphatic heterocycles. The molecule has 0 saturated heterocycles. The molecule has 0 aromatic heterocycles. The Balaban J connectivity index is 1.85. The molecule has 128 valence electrons. The maximum atomic E-state index is 13.9. The summed E-state index contributed by atoms with van der Waals surface area (Å²) in [5, 5.41) is 0. The number of hydrogen-bond acceptors (Lipinski definition) is 0. The highest BCUT2D eigenvalue weighted by atomic mass is 19.3. The molecule has 0 amide bonds. The van der Waals surface area contributed by atoms with Gasteiger partial charge in [-0.25, -0.2) is 4.39 Å². The fourth-order valence-electron chi connectivity index (χ4n) is 3.68. The standard InChI is InChI=1S/C20H27F3/c1-2-3-4-5-6-15-7-9-16(10-8-15)17-11-12-18(14-20(22)23)19(21)13-17/h11-16H,2-10H2,1H3. The van der Waals surface area contributed by atoms with Crippen LogP contribution in [0, 0.1) is 11.7 Å². The van der Waals surface area contributed by atoms with Crippen LogP contribution in [0.15, 0.2) is 24.3 Å². The predicted molar refractivity (Wildman–Crippen MR) is 90.1 cm³/mol. The summed E-state index contributed by atoms with van der Waals surface area (Å²) in [7, 11) is 0. The van der Waals surface area contributed by atoms with E-state index in [1.54, 1.807) is 0 Å². The summed E-state index contributed by atoms with van der Waals surface area (Å²) in [5.41, 5.74) is 0.932. The maximum Gasteiger partial charge on any atom is 0.271 e. The third-order valence-corrected chi connectivity index (χ3v) is 5.07. The second kappa shape index (κ2) is 9.14. The highest BCUT2D eigenvalue weighted by Crippen LogP contribution is 2.38. The number of benzene rings is 1. The average Bonchev–Trinajstić information content (AvgIpc) is 2.54. The molecule has 3 heteroatoms. The van der Waals surface area contributed by atoms with Crippen LogP contribution >= 0.6 is 0 Å². The second-order valence-corrected chi connectivity index (χ2v) is 6.78. The zero-order valence-electron chi connectivity index (χ0n) is 14.0. The number of rotatable bonds is 7. The van der Waals surface area contributed by atoms with Gasteiger partial charge in [0.25, 0.3) is 6.08 Å². The lowest BCUT2D eigenvalue weighted by Crippen LogP contribution is -2.13. The molecule has 0 heterocycles. The predicted octanol–water partition coefficient (Wildman–Crippen LogP) is 7.31. The molecule has 1 aromatic carbocycles. The van der Waals surface area contributed by atoms with Crippen LogP contribution in [-0.2, 0) is 0 Å². The van der Waals surface area contributed by atoms with Crippen LogP contribution in [0.2, 0.25) is 0 Å². The number of hydrogen-bond donors (Lipinski definition) is 0. The van der Waals surface area contributed by atoms with Gasteiger partial charge < -0.3 is 0 Å². The minimum absolute atomic E-state index is 0.0293. The van der Waals surface area contributed by atoms with E-state index in [4.69, 9.17) is 0 Å². The van der Waals surface area contributed by atoms with Crippen molar-refractivity contribution in [3.8, 4) is 0 Å². The van der Waals surface area contributed by atoms with Crippen molar-refractivity contribution in [1.82, 2.24) is 0 Å². The van der Waals surface area contributed by atoms with Gasteiger partial charge in [-0.2, -0.15) is 8.78 Å². The first-order valence-electron chi connectivity index (χ1n) is 8.92. The van der Waals surface area contributed by atoms with Crippen molar-refractivity contribution < 1.29 is 13.2 Å². The summed E-state index contributed by atoms with van der Waals surface area (Å²) in [4.78, 5) is 0. The Bertz CT molecular complexity index is 510. The topological polar surface area (TPSA) is 0 Å². The Hall–Kier alpha value is -1.25. The van der Waals surface area contributed by atoms with Crippen LogP contribution in [0.3, 0.4) is 0 Å². The Morgan fingerprint density at radius 1 is 1.09 bits per heavy atom. The number of unbranched alkanes of at least 4 members (excludes halogenated alkanes) is 3. The second-order valence-electron chi connectivity index (χ2n) is 6.78. The van der Waals surface area contributed by atoms with Gasteiger partial charge in [0.05, 0.1) is 0 Å². The SMILES string of the molecule is CCCCCCC1CCC(c2ccc(C=C(F)F)c(F)c2)CC1. The first kappa shape index (κ1) is 18.1. The minimum atomic E-state index is -1.86. The van der Waals surface area contributed by atoms with E-state index >= 15 is 0 Å². The molecule has 1 saturated carbocycles. The first-order chi connectivity index (χ1) is 11.1. The molecule has 0 radical (unpaired) electrons. The van der Waals surface area contributed by atoms with E-state index in [-0.39, 0.29) is 5.56 Å². The van der Waals surface area contributed by atoms with Crippen molar-refractivity contribution in [2.24, 2.45) is 5.92 Å². The van der Waals surface area contributed by atoms with Crippen molar-refractivity contribution in [2.45, 2.75) is 70.6 Å². The third-order valence-electron chi connectivity index (χ3n) is 5.07. The van der Waals surface area contributed by atoms with Gasteiger partial charge in [0.1, 0.15) is 5.82 Å². The molecular formula is C20H27F3. The summed E-state index contributed by atoms with van der Waals surface area (Å²) < 4.78 is 38.4. The van der Waals surface area contributed by atoms with Gasteiger partial charge in [-0.1, -0.05) is 51.2 Å². The fraction of sp³-hybridized carbons (Fsp3) is 0.600. The zero-order chi connectivity index (χ0) is 16.7. The van der Waals surface area contributed by atoms with Gasteiger partial charge in [0, 0.05) is 11.6 Å². The summed E-state index contributed by atoms with van der Waals surface area (Å²) in [6, 6.07) is 4.73. The molecule has 0 bridgehead atoms. The zero-order valence-corrected chi connectivity index (χ0v) is 14.0. The fourth-order valence-corrected chi connectivity index (χ4v) is 3.68. The monoisotopic (exact) mass is 324 g/mol. The molecule has 0 spiro atoms. The highest BCUT2D eigenvalue weighted by Gasteiger charge is 2.22. The van der Waals surface area contributed by atoms with Gasteiger partial charge in [-0.15, -0.1) is 0 Å². The van der Waals surface area contributed by atoms with E-state index in [2.05, 4.69) is 6.92 Å². The van der Waals surface area contributed by atoms with Crippen molar-refractivity contribution in [3.05, 3.63) is 41.2 Å². The lowest BCUT2D eigenvalue weighted by Gasteiger charge is -2.29. The van der Waals surface area contributed by atoms with E-state index < -0.39 is 11.9 Å². The van der Waals surface area contributed by atoms with Crippen LogP contribution in [0.4, 0.5) is 13.2 Å². The highest BCUT2D eigenvalue weighted by molar-refractivity contribution is 5.51. The quantitative estimate of drug-likeness (QED) is 0.461. The van der Waals surface area contributed by atoms with E-state index in [9.17, 15) is 13.2 Å². The Morgan fingerprint density at radius 2 is 1.83 bits per heavy atom. The lowest BCUT2D eigenvalue weighted by atomic mass is 9.77. The van der Waals surface area contributed by atoms with Gasteiger partial charge in [0.2, 0.25) is 0 Å². The van der Waals surface area contributed by atoms with Crippen molar-refractivity contribution in [2.75, 3.05) is 0 Å². The summed E-state index contributed by atoms with van der Waals surface area (Å²) in [5.74, 6) is 0.650. The molecule has 0 unspecified atom stereocenters. The molecule has 1 fully saturated rings. The largest absolute Gasteiger partial charge is 0.271 e. The van der Waals surface area contributed by atoms with E-state index in [1.165, 1.54) is 57.1 Å². The van der Waals surface area contributed by atoms with E-state index in [0.717, 1.165) is 24.3 Å². The first-order valence-corrected chi connectivity index (χ1v) is 8.92. The molecule has 0 N–H and O–H groups in total. The average molecular weight is 324 g/mol. The molecular weight excluding hydrogens is 297 g/mol. The normalized spacial score (nSPS) is 21.2. The van der Waals surface area contributed by atoms with Crippen LogP contribution in [0.1, 0.15) is 81.8 Å². The van der Waals surface area contributed by atoms with Crippen molar-refractivity contribution in [1.29, 1.82) is 0 Å². The smallest absolute Gasteiger partial charge is 0.206 e. The molecule has 0 atom stereocenters. The van der Waals surface area contributed by atoms with Crippen LogP contribution in [0.5, 0.6) is 0 Å². The summed E-state index contributed by atoms with van der Waals surface area (Å²) in [6.07, 6.45) is 9.90. The number of halogens is 3. The molecule has 2 rings (SSSR count).